The molecule has 0 bridgehead atoms. The summed E-state index contributed by atoms with van der Waals surface area (Å²) in [5.74, 6) is 0.697. The number of ether oxygens (including phenoxy) is 2. The average Bonchev–Trinajstić information content (AvgIpc) is 2.64. The minimum absolute atomic E-state index is 0.0472. The van der Waals surface area contributed by atoms with Gasteiger partial charge in [-0.05, 0) is 37.3 Å². The van der Waals surface area contributed by atoms with Crippen molar-refractivity contribution in [3.05, 3.63) is 53.0 Å². The number of carbonyl (C=O) groups is 2. The summed E-state index contributed by atoms with van der Waals surface area (Å²) in [5, 5.41) is 2.76. The molecule has 0 fully saturated rings. The number of hydrogen-bond donors (Lipinski definition) is 1. The van der Waals surface area contributed by atoms with Crippen LogP contribution in [0.4, 0.5) is 5.69 Å². The Balaban J connectivity index is 1.88. The molecule has 0 heterocycles. The summed E-state index contributed by atoms with van der Waals surface area (Å²) in [6, 6.07) is 14.3. The van der Waals surface area contributed by atoms with Crippen molar-refractivity contribution in [2.24, 2.45) is 0 Å². The fourth-order valence-electron chi connectivity index (χ4n) is 2.24. The van der Waals surface area contributed by atoms with Crippen LogP contribution in [-0.4, -0.2) is 43.5 Å². The Hall–Kier alpha value is -2.54. The monoisotopic (exact) mass is 420 g/mol. The third kappa shape index (κ3) is 6.07. The predicted octanol–water partition coefficient (Wildman–Crippen LogP) is 3.32. The molecule has 0 spiro atoms. The van der Waals surface area contributed by atoms with E-state index >= 15 is 0 Å². The molecule has 0 radical (unpaired) electrons. The minimum atomic E-state index is -0.282. The highest BCUT2D eigenvalue weighted by Gasteiger charge is 2.16. The lowest BCUT2D eigenvalue weighted by atomic mass is 10.3. The summed E-state index contributed by atoms with van der Waals surface area (Å²) in [7, 11) is 1.56. The molecule has 6 nitrogen and oxygen atoms in total. The average molecular weight is 421 g/mol. The number of nitrogens with one attached hydrogen (secondary N) is 1. The Labute approximate surface area is 161 Å². The summed E-state index contributed by atoms with van der Waals surface area (Å²) in [6.07, 6.45) is 0. The highest BCUT2D eigenvalue weighted by atomic mass is 79.9. The van der Waals surface area contributed by atoms with Crippen LogP contribution in [0, 0.1) is 0 Å². The number of rotatable bonds is 8. The molecule has 0 saturated heterocycles. The van der Waals surface area contributed by atoms with Crippen LogP contribution in [0.5, 0.6) is 11.5 Å². The van der Waals surface area contributed by atoms with E-state index < -0.39 is 0 Å². The topological polar surface area (TPSA) is 67.9 Å². The molecule has 0 aliphatic rings. The molecule has 0 aromatic heterocycles. The third-order valence-corrected chi connectivity index (χ3v) is 4.07. The van der Waals surface area contributed by atoms with Gasteiger partial charge in [-0.15, -0.1) is 0 Å². The van der Waals surface area contributed by atoms with E-state index in [9.17, 15) is 9.59 Å². The van der Waals surface area contributed by atoms with E-state index in [1.165, 1.54) is 4.90 Å². The first-order chi connectivity index (χ1) is 12.5. The molecular formula is C19H21BrN2O4. The fraction of sp³-hybridized carbons (Fsp3) is 0.263. The summed E-state index contributed by atoms with van der Waals surface area (Å²) >= 11 is 3.35. The van der Waals surface area contributed by atoms with Crippen molar-refractivity contribution in [2.45, 2.75) is 6.92 Å². The first-order valence-electron chi connectivity index (χ1n) is 8.12. The van der Waals surface area contributed by atoms with Crippen molar-refractivity contribution >= 4 is 33.4 Å². The van der Waals surface area contributed by atoms with E-state index in [2.05, 4.69) is 21.2 Å². The Bertz CT molecular complexity index is 767. The molecule has 0 unspecified atom stereocenters. The maximum Gasteiger partial charge on any atom is 0.260 e. The number of benzene rings is 2. The normalized spacial score (nSPS) is 10.1. The number of nitrogens with zero attached hydrogens (tertiary/aromatic N) is 1. The van der Waals surface area contributed by atoms with Crippen molar-refractivity contribution in [3.8, 4) is 11.5 Å². The van der Waals surface area contributed by atoms with Gasteiger partial charge in [-0.2, -0.15) is 0 Å². The van der Waals surface area contributed by atoms with Crippen LogP contribution in [0.2, 0.25) is 0 Å². The highest BCUT2D eigenvalue weighted by molar-refractivity contribution is 9.10. The molecule has 1 N–H and O–H groups in total. The van der Waals surface area contributed by atoms with Gasteiger partial charge in [0.2, 0.25) is 5.91 Å². The van der Waals surface area contributed by atoms with Gasteiger partial charge >= 0.3 is 0 Å². The van der Waals surface area contributed by atoms with Crippen molar-refractivity contribution in [1.29, 1.82) is 0 Å². The Morgan fingerprint density at radius 1 is 1.12 bits per heavy atom. The van der Waals surface area contributed by atoms with Crippen LogP contribution in [-0.2, 0) is 9.59 Å². The van der Waals surface area contributed by atoms with Crippen LogP contribution in [0.25, 0.3) is 0 Å². The minimum Gasteiger partial charge on any atom is -0.497 e. The first-order valence-corrected chi connectivity index (χ1v) is 8.91. The summed E-state index contributed by atoms with van der Waals surface area (Å²) < 4.78 is 11.5. The largest absolute Gasteiger partial charge is 0.497 e. The second-order valence-corrected chi connectivity index (χ2v) is 6.35. The van der Waals surface area contributed by atoms with Gasteiger partial charge in [0.25, 0.3) is 5.91 Å². The molecule has 0 atom stereocenters. The fourth-order valence-corrected chi connectivity index (χ4v) is 2.62. The van der Waals surface area contributed by atoms with Gasteiger partial charge in [-0.1, -0.05) is 28.1 Å². The molecule has 0 aliphatic carbocycles. The number of carbonyl (C=O) groups excluding carboxylic acids is 2. The molecule has 2 aromatic carbocycles. The SMILES string of the molecule is CCN(CC(=O)Nc1cccc(OC)c1)C(=O)COc1cccc(Br)c1. The van der Waals surface area contributed by atoms with Gasteiger partial charge < -0.3 is 19.7 Å². The van der Waals surface area contributed by atoms with E-state index in [4.69, 9.17) is 9.47 Å². The van der Waals surface area contributed by atoms with E-state index in [0.717, 1.165) is 4.47 Å². The van der Waals surface area contributed by atoms with Crippen molar-refractivity contribution in [2.75, 3.05) is 32.1 Å². The van der Waals surface area contributed by atoms with E-state index in [0.29, 0.717) is 23.7 Å². The molecule has 2 amide bonds. The number of hydrogen-bond acceptors (Lipinski definition) is 4. The Morgan fingerprint density at radius 2 is 1.85 bits per heavy atom. The van der Waals surface area contributed by atoms with Gasteiger partial charge in [0.05, 0.1) is 13.7 Å². The molecule has 2 rings (SSSR count). The zero-order valence-corrected chi connectivity index (χ0v) is 16.3. The number of methoxy groups -OCH3 is 1. The second-order valence-electron chi connectivity index (χ2n) is 5.43. The zero-order chi connectivity index (χ0) is 18.9. The van der Waals surface area contributed by atoms with Crippen LogP contribution in [0.3, 0.4) is 0 Å². The summed E-state index contributed by atoms with van der Waals surface area (Å²) in [6.45, 7) is 2.05. The van der Waals surface area contributed by atoms with Crippen molar-refractivity contribution in [3.63, 3.8) is 0 Å². The molecule has 26 heavy (non-hydrogen) atoms. The molecular weight excluding hydrogens is 400 g/mol. The summed E-state index contributed by atoms with van der Waals surface area (Å²) in [4.78, 5) is 26.0. The molecule has 7 heteroatoms. The Morgan fingerprint density at radius 3 is 2.54 bits per heavy atom. The van der Waals surface area contributed by atoms with Gasteiger partial charge in [0.15, 0.2) is 6.61 Å². The molecule has 0 aliphatic heterocycles. The lowest BCUT2D eigenvalue weighted by Crippen LogP contribution is -2.40. The van der Waals surface area contributed by atoms with Gasteiger partial charge in [-0.25, -0.2) is 0 Å². The van der Waals surface area contributed by atoms with Crippen molar-refractivity contribution < 1.29 is 19.1 Å². The maximum atomic E-state index is 12.3. The number of amides is 2. The molecule has 138 valence electrons. The van der Waals surface area contributed by atoms with E-state index in [-0.39, 0.29) is 25.0 Å². The smallest absolute Gasteiger partial charge is 0.260 e. The third-order valence-electron chi connectivity index (χ3n) is 3.58. The highest BCUT2D eigenvalue weighted by Crippen LogP contribution is 2.18. The van der Waals surface area contributed by atoms with Crippen LogP contribution < -0.4 is 14.8 Å². The standard InChI is InChI=1S/C19H21BrN2O4/c1-3-22(19(24)13-26-17-9-4-6-14(20)10-17)12-18(23)21-15-7-5-8-16(11-15)25-2/h4-11H,3,12-13H2,1-2H3,(H,21,23). The second kappa shape index (κ2) is 9.82. The lowest BCUT2D eigenvalue weighted by molar-refractivity contribution is -0.136. The molecule has 2 aromatic rings. The van der Waals surface area contributed by atoms with Crippen LogP contribution in [0.15, 0.2) is 53.0 Å². The zero-order valence-electron chi connectivity index (χ0n) is 14.7. The quantitative estimate of drug-likeness (QED) is 0.710. The number of likely N-dealkylation sites (N-methyl/N-ethyl adjacent to an activating group) is 1. The van der Waals surface area contributed by atoms with Crippen LogP contribution >= 0.6 is 15.9 Å². The van der Waals surface area contributed by atoms with Crippen molar-refractivity contribution in [1.82, 2.24) is 4.90 Å². The maximum absolute atomic E-state index is 12.3. The predicted molar refractivity (Wildman–Crippen MR) is 104 cm³/mol. The van der Waals surface area contributed by atoms with Gasteiger partial charge in [-0.3, -0.25) is 9.59 Å². The van der Waals surface area contributed by atoms with E-state index in [1.54, 1.807) is 43.5 Å². The lowest BCUT2D eigenvalue weighted by Gasteiger charge is -2.20. The van der Waals surface area contributed by atoms with Crippen LogP contribution in [0.1, 0.15) is 6.92 Å². The number of anilines is 1. The van der Waals surface area contributed by atoms with Gasteiger partial charge in [0.1, 0.15) is 11.5 Å². The number of halogens is 1. The van der Waals surface area contributed by atoms with E-state index in [1.807, 2.05) is 19.1 Å². The summed E-state index contributed by atoms with van der Waals surface area (Å²) in [5.41, 5.74) is 0.614. The van der Waals surface area contributed by atoms with Gasteiger partial charge in [0, 0.05) is 22.8 Å². The first kappa shape index (κ1) is 19.8. The molecule has 0 saturated carbocycles. The Kier molecular flexibility index (Phi) is 7.47.